The van der Waals surface area contributed by atoms with E-state index >= 15 is 0 Å². The van der Waals surface area contributed by atoms with Crippen LogP contribution in [0.25, 0.3) is 11.0 Å². The van der Waals surface area contributed by atoms with Crippen LogP contribution in [0, 0.1) is 0 Å². The van der Waals surface area contributed by atoms with E-state index in [1.165, 1.54) is 0 Å². The van der Waals surface area contributed by atoms with E-state index < -0.39 is 0 Å². The van der Waals surface area contributed by atoms with Gasteiger partial charge in [0, 0.05) is 18.1 Å². The van der Waals surface area contributed by atoms with Gasteiger partial charge in [-0.2, -0.15) is 0 Å². The van der Waals surface area contributed by atoms with Gasteiger partial charge in [-0.3, -0.25) is 4.68 Å². The Hall–Kier alpha value is -2.14. The predicted octanol–water partition coefficient (Wildman–Crippen LogP) is 2.20. The van der Waals surface area contributed by atoms with Crippen molar-refractivity contribution in [1.29, 1.82) is 0 Å². The zero-order valence-corrected chi connectivity index (χ0v) is 10.6. The fourth-order valence-electron chi connectivity index (χ4n) is 2.05. The first-order chi connectivity index (χ1) is 9.42. The Labute approximate surface area is 111 Å². The van der Waals surface area contributed by atoms with E-state index in [1.807, 2.05) is 29.1 Å². The van der Waals surface area contributed by atoms with Crippen LogP contribution in [-0.4, -0.2) is 21.5 Å². The summed E-state index contributed by atoms with van der Waals surface area (Å²) in [4.78, 5) is 0. The first-order valence-corrected chi connectivity index (χ1v) is 6.44. The van der Waals surface area contributed by atoms with Crippen LogP contribution < -0.4 is 5.32 Å². The van der Waals surface area contributed by atoms with Crippen LogP contribution in [-0.2, 0) is 13.1 Å². The minimum absolute atomic E-state index is 0.756. The van der Waals surface area contributed by atoms with Gasteiger partial charge in [-0.05, 0) is 25.1 Å². The second-order valence-corrected chi connectivity index (χ2v) is 4.45. The normalized spacial score (nSPS) is 11.2. The van der Waals surface area contributed by atoms with Gasteiger partial charge in [0.15, 0.2) is 0 Å². The highest BCUT2D eigenvalue weighted by molar-refractivity contribution is 5.77. The predicted molar refractivity (Wildman–Crippen MR) is 72.6 cm³/mol. The highest BCUT2D eigenvalue weighted by atomic mass is 16.3. The molecule has 3 aromatic rings. The molecule has 1 aromatic carbocycles. The molecule has 98 valence electrons. The molecule has 0 aliphatic heterocycles. The SMILES string of the molecule is c1ccc2oc(CNCCCn3ccnn3)cc2c1. The third-order valence-corrected chi connectivity index (χ3v) is 2.99. The third kappa shape index (κ3) is 3.00. The zero-order valence-electron chi connectivity index (χ0n) is 10.6. The molecule has 1 N–H and O–H groups in total. The lowest BCUT2D eigenvalue weighted by molar-refractivity contribution is 0.489. The summed E-state index contributed by atoms with van der Waals surface area (Å²) in [5, 5.41) is 12.2. The summed E-state index contributed by atoms with van der Waals surface area (Å²) in [6.07, 6.45) is 4.59. The molecule has 19 heavy (non-hydrogen) atoms. The van der Waals surface area contributed by atoms with E-state index in [-0.39, 0.29) is 0 Å². The number of fused-ring (bicyclic) bond motifs is 1. The van der Waals surface area contributed by atoms with E-state index in [0.717, 1.165) is 42.8 Å². The number of furan rings is 1. The van der Waals surface area contributed by atoms with Crippen molar-refractivity contribution in [1.82, 2.24) is 20.3 Å². The Balaban J connectivity index is 1.44. The van der Waals surface area contributed by atoms with Crippen molar-refractivity contribution in [2.24, 2.45) is 0 Å². The number of benzene rings is 1. The van der Waals surface area contributed by atoms with Gasteiger partial charge in [-0.25, -0.2) is 0 Å². The summed E-state index contributed by atoms with van der Waals surface area (Å²) in [6, 6.07) is 10.1. The lowest BCUT2D eigenvalue weighted by Gasteiger charge is -2.02. The first-order valence-electron chi connectivity index (χ1n) is 6.44. The Morgan fingerprint density at radius 3 is 3.05 bits per heavy atom. The molecule has 0 spiro atoms. The fraction of sp³-hybridized carbons (Fsp3) is 0.286. The van der Waals surface area contributed by atoms with Gasteiger partial charge in [-0.1, -0.05) is 23.4 Å². The van der Waals surface area contributed by atoms with Gasteiger partial charge >= 0.3 is 0 Å². The Morgan fingerprint density at radius 2 is 2.21 bits per heavy atom. The van der Waals surface area contributed by atoms with Crippen LogP contribution in [0.15, 0.2) is 47.1 Å². The Bertz CT molecular complexity index is 597. The fourth-order valence-corrected chi connectivity index (χ4v) is 2.05. The second-order valence-electron chi connectivity index (χ2n) is 4.45. The standard InChI is InChI=1S/C14H16N4O/c1-2-5-14-12(4-1)10-13(19-14)11-15-6-3-8-18-9-7-16-17-18/h1-2,4-5,7,9-10,15H,3,6,8,11H2. The van der Waals surface area contributed by atoms with Gasteiger partial charge in [0.05, 0.1) is 12.7 Å². The molecular formula is C14H16N4O. The molecule has 0 unspecified atom stereocenters. The van der Waals surface area contributed by atoms with E-state index in [9.17, 15) is 0 Å². The lowest BCUT2D eigenvalue weighted by Crippen LogP contribution is -2.16. The number of hydrogen-bond acceptors (Lipinski definition) is 4. The quantitative estimate of drug-likeness (QED) is 0.687. The summed E-state index contributed by atoms with van der Waals surface area (Å²) in [5.74, 6) is 0.974. The molecular weight excluding hydrogens is 240 g/mol. The smallest absolute Gasteiger partial charge is 0.134 e. The summed E-state index contributed by atoms with van der Waals surface area (Å²) in [7, 11) is 0. The summed E-state index contributed by atoms with van der Waals surface area (Å²) in [5.41, 5.74) is 0.946. The molecule has 0 bridgehead atoms. The number of nitrogens with zero attached hydrogens (tertiary/aromatic N) is 3. The van der Waals surface area contributed by atoms with E-state index in [1.54, 1.807) is 6.20 Å². The average molecular weight is 256 g/mol. The summed E-state index contributed by atoms with van der Waals surface area (Å²) >= 11 is 0. The minimum atomic E-state index is 0.756. The molecule has 3 rings (SSSR count). The maximum Gasteiger partial charge on any atom is 0.134 e. The molecule has 0 fully saturated rings. The number of para-hydroxylation sites is 1. The zero-order chi connectivity index (χ0) is 12.9. The van der Waals surface area contributed by atoms with Crippen LogP contribution in [0.3, 0.4) is 0 Å². The van der Waals surface area contributed by atoms with Crippen LogP contribution in [0.4, 0.5) is 0 Å². The summed E-state index contributed by atoms with van der Waals surface area (Å²) < 4.78 is 7.57. The van der Waals surface area contributed by atoms with Crippen LogP contribution in [0.2, 0.25) is 0 Å². The molecule has 0 saturated heterocycles. The molecule has 2 heterocycles. The van der Waals surface area contributed by atoms with Gasteiger partial charge in [0.25, 0.3) is 0 Å². The van der Waals surface area contributed by atoms with Gasteiger partial charge < -0.3 is 9.73 Å². The average Bonchev–Trinajstić information content (AvgIpc) is 3.06. The van der Waals surface area contributed by atoms with E-state index in [4.69, 9.17) is 4.42 Å². The van der Waals surface area contributed by atoms with Crippen molar-refractivity contribution in [3.8, 4) is 0 Å². The number of aryl methyl sites for hydroxylation is 1. The topological polar surface area (TPSA) is 55.9 Å². The first kappa shape index (κ1) is 11.9. The van der Waals surface area contributed by atoms with Gasteiger partial charge in [0.1, 0.15) is 11.3 Å². The van der Waals surface area contributed by atoms with Crippen molar-refractivity contribution in [3.05, 3.63) is 48.5 Å². The number of nitrogens with one attached hydrogen (secondary N) is 1. The van der Waals surface area contributed by atoms with Crippen molar-refractivity contribution >= 4 is 11.0 Å². The van der Waals surface area contributed by atoms with E-state index in [2.05, 4.69) is 27.8 Å². The van der Waals surface area contributed by atoms with Crippen molar-refractivity contribution < 1.29 is 4.42 Å². The third-order valence-electron chi connectivity index (χ3n) is 2.99. The Kier molecular flexibility index (Phi) is 3.56. The number of hydrogen-bond donors (Lipinski definition) is 1. The number of aromatic nitrogens is 3. The molecule has 0 atom stereocenters. The molecule has 0 amide bonds. The lowest BCUT2D eigenvalue weighted by atomic mass is 10.2. The highest BCUT2D eigenvalue weighted by Crippen LogP contribution is 2.18. The van der Waals surface area contributed by atoms with Crippen molar-refractivity contribution in [2.75, 3.05) is 6.54 Å². The van der Waals surface area contributed by atoms with Gasteiger partial charge in [-0.15, -0.1) is 5.10 Å². The van der Waals surface area contributed by atoms with Crippen LogP contribution >= 0.6 is 0 Å². The highest BCUT2D eigenvalue weighted by Gasteiger charge is 2.01. The van der Waals surface area contributed by atoms with Crippen LogP contribution in [0.5, 0.6) is 0 Å². The number of rotatable bonds is 6. The van der Waals surface area contributed by atoms with Gasteiger partial charge in [0.2, 0.25) is 0 Å². The molecule has 2 aromatic heterocycles. The molecule has 5 nitrogen and oxygen atoms in total. The van der Waals surface area contributed by atoms with Crippen LogP contribution in [0.1, 0.15) is 12.2 Å². The largest absolute Gasteiger partial charge is 0.460 e. The molecule has 0 saturated carbocycles. The van der Waals surface area contributed by atoms with E-state index in [0.29, 0.717) is 0 Å². The maximum atomic E-state index is 5.73. The maximum absolute atomic E-state index is 5.73. The van der Waals surface area contributed by atoms with Crippen molar-refractivity contribution in [2.45, 2.75) is 19.5 Å². The monoisotopic (exact) mass is 256 g/mol. The molecule has 0 aliphatic carbocycles. The Morgan fingerprint density at radius 1 is 1.26 bits per heavy atom. The molecule has 0 radical (unpaired) electrons. The molecule has 5 heteroatoms. The van der Waals surface area contributed by atoms with Crippen molar-refractivity contribution in [3.63, 3.8) is 0 Å². The second kappa shape index (κ2) is 5.67. The summed E-state index contributed by atoms with van der Waals surface area (Å²) in [6.45, 7) is 2.57. The molecule has 0 aliphatic rings. The minimum Gasteiger partial charge on any atom is -0.460 e.